The van der Waals surface area contributed by atoms with Gasteiger partial charge in [-0.15, -0.1) is 0 Å². The number of nitrogens with zero attached hydrogens (tertiary/aromatic N) is 1. The smallest absolute Gasteiger partial charge is 0.254 e. The van der Waals surface area contributed by atoms with Gasteiger partial charge in [0.2, 0.25) is 0 Å². The van der Waals surface area contributed by atoms with Crippen molar-refractivity contribution < 1.29 is 19.2 Å². The maximum atomic E-state index is 12.8. The summed E-state index contributed by atoms with van der Waals surface area (Å²) in [7, 11) is 3.20. The summed E-state index contributed by atoms with van der Waals surface area (Å²) in [5.41, 5.74) is 2.02. The summed E-state index contributed by atoms with van der Waals surface area (Å²) >= 11 is 0. The lowest BCUT2D eigenvalue weighted by Crippen LogP contribution is -3.14. The Hall–Kier alpha value is -2.53. The first-order chi connectivity index (χ1) is 13.2. The first-order valence-electron chi connectivity index (χ1n) is 9.59. The van der Waals surface area contributed by atoms with Gasteiger partial charge < -0.3 is 19.3 Å². The number of methoxy groups -OCH3 is 2. The van der Waals surface area contributed by atoms with Gasteiger partial charge in [0.15, 0.2) is 0 Å². The average Bonchev–Trinajstić information content (AvgIpc) is 2.74. The molecule has 1 N–H and O–H groups in total. The molecule has 2 aromatic carbocycles. The molecule has 0 spiro atoms. The predicted molar refractivity (Wildman–Crippen MR) is 106 cm³/mol. The van der Waals surface area contributed by atoms with Crippen LogP contribution in [0.3, 0.4) is 0 Å². The van der Waals surface area contributed by atoms with Crippen molar-refractivity contribution in [2.24, 2.45) is 0 Å². The van der Waals surface area contributed by atoms with Crippen LogP contribution in [0.25, 0.3) is 0 Å². The van der Waals surface area contributed by atoms with E-state index in [0.717, 1.165) is 39.1 Å². The highest BCUT2D eigenvalue weighted by Crippen LogP contribution is 2.23. The zero-order valence-electron chi connectivity index (χ0n) is 16.2. The third-order valence-corrected chi connectivity index (χ3v) is 5.19. The second-order valence-electron chi connectivity index (χ2n) is 6.98. The lowest BCUT2D eigenvalue weighted by atomic mass is 10.1. The molecular formula is C22H29N2O3+. The van der Waals surface area contributed by atoms with E-state index in [-0.39, 0.29) is 5.91 Å². The fourth-order valence-electron chi connectivity index (χ4n) is 3.58. The molecule has 1 amide bonds. The second-order valence-corrected chi connectivity index (χ2v) is 6.98. The maximum Gasteiger partial charge on any atom is 0.254 e. The lowest BCUT2D eigenvalue weighted by Gasteiger charge is -2.32. The zero-order valence-corrected chi connectivity index (χ0v) is 16.2. The minimum Gasteiger partial charge on any atom is -0.497 e. The van der Waals surface area contributed by atoms with Gasteiger partial charge in [-0.3, -0.25) is 4.79 Å². The highest BCUT2D eigenvalue weighted by molar-refractivity contribution is 5.95. The molecule has 0 atom stereocenters. The second kappa shape index (κ2) is 9.42. The molecule has 0 radical (unpaired) electrons. The first-order valence-corrected chi connectivity index (χ1v) is 9.59. The summed E-state index contributed by atoms with van der Waals surface area (Å²) in [5.74, 6) is 1.33. The van der Waals surface area contributed by atoms with Crippen LogP contribution < -0.4 is 14.4 Å². The highest BCUT2D eigenvalue weighted by Gasteiger charge is 2.25. The number of rotatable bonds is 7. The third kappa shape index (κ3) is 5.23. The molecule has 0 saturated carbocycles. The fourth-order valence-corrected chi connectivity index (χ4v) is 3.58. The molecule has 0 aliphatic carbocycles. The zero-order chi connectivity index (χ0) is 19.1. The number of amides is 1. The molecule has 0 bridgehead atoms. The molecule has 0 aromatic heterocycles. The molecule has 2 aromatic rings. The molecule has 3 rings (SSSR count). The molecule has 5 nitrogen and oxygen atoms in total. The predicted octanol–water partition coefficient (Wildman–Crippen LogP) is 1.68. The van der Waals surface area contributed by atoms with Crippen molar-refractivity contribution >= 4 is 5.91 Å². The Morgan fingerprint density at radius 2 is 1.63 bits per heavy atom. The molecule has 1 heterocycles. The summed E-state index contributed by atoms with van der Waals surface area (Å²) in [6.07, 6.45) is 2.30. The van der Waals surface area contributed by atoms with Gasteiger partial charge in [-0.25, -0.2) is 0 Å². The van der Waals surface area contributed by atoms with Gasteiger partial charge in [0, 0.05) is 18.1 Å². The summed E-state index contributed by atoms with van der Waals surface area (Å²) in [5, 5.41) is 0. The molecular weight excluding hydrogens is 340 g/mol. The number of quaternary nitrogens is 1. The number of benzene rings is 2. The van der Waals surface area contributed by atoms with Gasteiger partial charge in [-0.05, 0) is 24.1 Å². The van der Waals surface area contributed by atoms with Crippen LogP contribution in [0.15, 0.2) is 48.5 Å². The number of hydrogen-bond donors (Lipinski definition) is 1. The van der Waals surface area contributed by atoms with Gasteiger partial charge in [0.25, 0.3) is 5.91 Å². The number of carbonyl (C=O) groups excluding carboxylic acids is 1. The van der Waals surface area contributed by atoms with Crippen LogP contribution in [0, 0.1) is 0 Å². The molecule has 1 aliphatic heterocycles. The molecule has 144 valence electrons. The Labute approximate surface area is 161 Å². The standard InChI is InChI=1S/C22H28N2O3/c1-26-20-15-19(16-21(17-20)27-2)22(25)24-13-11-23(12-14-24)10-6-9-18-7-4-3-5-8-18/h3-5,7-8,15-17H,6,9-14H2,1-2H3/p+1. The topological polar surface area (TPSA) is 43.2 Å². The van der Waals surface area contributed by atoms with Crippen LogP contribution in [-0.4, -0.2) is 57.8 Å². The fraction of sp³-hybridized carbons (Fsp3) is 0.409. The van der Waals surface area contributed by atoms with Crippen molar-refractivity contribution in [1.29, 1.82) is 0 Å². The number of ether oxygens (including phenoxy) is 2. The van der Waals surface area contributed by atoms with E-state index in [4.69, 9.17) is 9.47 Å². The number of nitrogens with one attached hydrogen (secondary N) is 1. The van der Waals surface area contributed by atoms with E-state index < -0.39 is 0 Å². The van der Waals surface area contributed by atoms with Gasteiger partial charge >= 0.3 is 0 Å². The van der Waals surface area contributed by atoms with Crippen LogP contribution in [0.1, 0.15) is 22.3 Å². The van der Waals surface area contributed by atoms with Crippen molar-refractivity contribution in [2.75, 3.05) is 46.9 Å². The summed E-state index contributed by atoms with van der Waals surface area (Å²) in [4.78, 5) is 16.4. The Bertz CT molecular complexity index is 718. The van der Waals surface area contributed by atoms with Crippen LogP contribution in [0.4, 0.5) is 0 Å². The molecule has 0 unspecified atom stereocenters. The van der Waals surface area contributed by atoms with Gasteiger partial charge in [-0.2, -0.15) is 0 Å². The Kier molecular flexibility index (Phi) is 6.71. The SMILES string of the molecule is COc1cc(OC)cc(C(=O)N2CC[NH+](CCCc3ccccc3)CC2)c1. The number of aryl methyl sites for hydroxylation is 1. The first kappa shape index (κ1) is 19.2. The van der Waals surface area contributed by atoms with E-state index in [0.29, 0.717) is 17.1 Å². The van der Waals surface area contributed by atoms with Crippen LogP contribution in [0.5, 0.6) is 11.5 Å². The van der Waals surface area contributed by atoms with Crippen molar-refractivity contribution in [3.05, 3.63) is 59.7 Å². The molecule has 1 fully saturated rings. The Balaban J connectivity index is 1.49. The normalized spacial score (nSPS) is 14.8. The largest absolute Gasteiger partial charge is 0.497 e. The number of piperazine rings is 1. The van der Waals surface area contributed by atoms with Gasteiger partial charge in [0.1, 0.15) is 11.5 Å². The van der Waals surface area contributed by atoms with Crippen molar-refractivity contribution in [1.82, 2.24) is 4.90 Å². The molecule has 5 heteroatoms. The van der Waals surface area contributed by atoms with Gasteiger partial charge in [0.05, 0.1) is 46.9 Å². The van der Waals surface area contributed by atoms with E-state index in [1.165, 1.54) is 12.0 Å². The van der Waals surface area contributed by atoms with E-state index >= 15 is 0 Å². The highest BCUT2D eigenvalue weighted by atomic mass is 16.5. The van der Waals surface area contributed by atoms with Gasteiger partial charge in [-0.1, -0.05) is 30.3 Å². The average molecular weight is 369 g/mol. The molecule has 1 saturated heterocycles. The molecule has 1 aliphatic rings. The monoisotopic (exact) mass is 369 g/mol. The minimum absolute atomic E-state index is 0.0514. The Morgan fingerprint density at radius 1 is 1.00 bits per heavy atom. The summed E-state index contributed by atoms with van der Waals surface area (Å²) < 4.78 is 10.6. The van der Waals surface area contributed by atoms with E-state index in [9.17, 15) is 4.79 Å². The number of carbonyl (C=O) groups is 1. The van der Waals surface area contributed by atoms with Crippen LogP contribution in [-0.2, 0) is 6.42 Å². The third-order valence-electron chi connectivity index (χ3n) is 5.19. The van der Waals surface area contributed by atoms with E-state index in [1.54, 1.807) is 37.3 Å². The summed E-state index contributed by atoms with van der Waals surface area (Å²) in [6, 6.07) is 16.0. The summed E-state index contributed by atoms with van der Waals surface area (Å²) in [6.45, 7) is 4.74. The molecule has 27 heavy (non-hydrogen) atoms. The number of hydrogen-bond acceptors (Lipinski definition) is 3. The lowest BCUT2D eigenvalue weighted by molar-refractivity contribution is -0.904. The quantitative estimate of drug-likeness (QED) is 0.808. The maximum absolute atomic E-state index is 12.8. The Morgan fingerprint density at radius 3 is 2.22 bits per heavy atom. The van der Waals surface area contributed by atoms with Crippen molar-refractivity contribution in [2.45, 2.75) is 12.8 Å². The van der Waals surface area contributed by atoms with E-state index in [1.807, 2.05) is 4.90 Å². The van der Waals surface area contributed by atoms with Crippen LogP contribution >= 0.6 is 0 Å². The van der Waals surface area contributed by atoms with Crippen molar-refractivity contribution in [3.63, 3.8) is 0 Å². The van der Waals surface area contributed by atoms with Crippen molar-refractivity contribution in [3.8, 4) is 11.5 Å². The van der Waals surface area contributed by atoms with E-state index in [2.05, 4.69) is 30.3 Å². The minimum atomic E-state index is 0.0514. The van der Waals surface area contributed by atoms with Crippen LogP contribution in [0.2, 0.25) is 0 Å².